The standard InChI is InChI=1S/C28H31F4N3O7/c1-14(2)23(35-27(40)26(39)33-15-9-7-6-8-10-15)25(38)34-18(12-20(37)42-28(3,4)5)19(36)13-41-24-21(31)16(29)11-17(30)22(24)32/h6-11,14,18,23H,12-13H2,1-5H3,(H,33,39)(H,34,38)(H,35,40)/t18-,23-/m0/s1. The largest absolute Gasteiger partial charge is 0.479 e. The summed E-state index contributed by atoms with van der Waals surface area (Å²) < 4.78 is 64.9. The first-order valence-electron chi connectivity index (χ1n) is 12.7. The maximum Gasteiger partial charge on any atom is 0.313 e. The summed E-state index contributed by atoms with van der Waals surface area (Å²) in [4.78, 5) is 63.4. The second-order valence-corrected chi connectivity index (χ2v) is 10.4. The van der Waals surface area contributed by atoms with E-state index in [0.717, 1.165) is 0 Å². The highest BCUT2D eigenvalue weighted by Crippen LogP contribution is 2.26. The summed E-state index contributed by atoms with van der Waals surface area (Å²) in [7, 11) is 0. The van der Waals surface area contributed by atoms with Gasteiger partial charge in [-0.1, -0.05) is 32.0 Å². The topological polar surface area (TPSA) is 140 Å². The third kappa shape index (κ3) is 9.85. The molecule has 3 N–H and O–H groups in total. The lowest BCUT2D eigenvalue weighted by Crippen LogP contribution is -2.56. The average Bonchev–Trinajstić information content (AvgIpc) is 2.89. The van der Waals surface area contributed by atoms with Crippen molar-refractivity contribution in [2.24, 2.45) is 5.92 Å². The van der Waals surface area contributed by atoms with Crippen LogP contribution in [0.4, 0.5) is 23.2 Å². The molecule has 0 saturated heterocycles. The van der Waals surface area contributed by atoms with Gasteiger partial charge in [0.2, 0.25) is 17.5 Å². The molecule has 0 aliphatic carbocycles. The van der Waals surface area contributed by atoms with Gasteiger partial charge in [0.15, 0.2) is 23.2 Å². The van der Waals surface area contributed by atoms with Crippen molar-refractivity contribution in [3.05, 3.63) is 59.7 Å². The van der Waals surface area contributed by atoms with Gasteiger partial charge in [-0.3, -0.25) is 24.0 Å². The van der Waals surface area contributed by atoms with Crippen LogP contribution in [0.3, 0.4) is 0 Å². The molecule has 0 heterocycles. The summed E-state index contributed by atoms with van der Waals surface area (Å²) in [5.41, 5.74) is -0.672. The highest BCUT2D eigenvalue weighted by Gasteiger charge is 2.33. The van der Waals surface area contributed by atoms with E-state index in [2.05, 4.69) is 16.0 Å². The van der Waals surface area contributed by atoms with Crippen molar-refractivity contribution < 1.29 is 51.0 Å². The van der Waals surface area contributed by atoms with Gasteiger partial charge in [-0.25, -0.2) is 8.78 Å². The van der Waals surface area contributed by atoms with Crippen molar-refractivity contribution in [2.75, 3.05) is 11.9 Å². The number of benzene rings is 2. The van der Waals surface area contributed by atoms with Crippen LogP contribution < -0.4 is 20.7 Å². The molecule has 0 radical (unpaired) electrons. The Labute approximate surface area is 239 Å². The molecule has 0 saturated carbocycles. The molecule has 0 aliphatic rings. The molecule has 14 heteroatoms. The van der Waals surface area contributed by atoms with E-state index in [0.29, 0.717) is 5.69 Å². The molecule has 2 aromatic rings. The number of rotatable bonds is 11. The van der Waals surface area contributed by atoms with Crippen molar-refractivity contribution in [1.82, 2.24) is 10.6 Å². The van der Waals surface area contributed by atoms with E-state index in [1.54, 1.807) is 18.2 Å². The number of carbonyl (C=O) groups excluding carboxylic acids is 5. The van der Waals surface area contributed by atoms with Gasteiger partial charge in [0, 0.05) is 11.8 Å². The van der Waals surface area contributed by atoms with Crippen LogP contribution in [0.15, 0.2) is 36.4 Å². The summed E-state index contributed by atoms with van der Waals surface area (Å²) in [6, 6.07) is 4.83. The molecule has 0 spiro atoms. The number of halogens is 4. The predicted molar refractivity (Wildman–Crippen MR) is 141 cm³/mol. The van der Waals surface area contributed by atoms with Gasteiger partial charge < -0.3 is 25.4 Å². The molecule has 42 heavy (non-hydrogen) atoms. The second-order valence-electron chi connectivity index (χ2n) is 10.4. The van der Waals surface area contributed by atoms with Crippen LogP contribution in [0.25, 0.3) is 0 Å². The molecule has 0 bridgehead atoms. The Balaban J connectivity index is 2.22. The molecule has 2 atom stereocenters. The van der Waals surface area contributed by atoms with Crippen molar-refractivity contribution in [1.29, 1.82) is 0 Å². The van der Waals surface area contributed by atoms with E-state index in [1.807, 2.05) is 0 Å². The van der Waals surface area contributed by atoms with Gasteiger partial charge in [0.25, 0.3) is 0 Å². The third-order valence-corrected chi connectivity index (χ3v) is 5.40. The van der Waals surface area contributed by atoms with E-state index in [1.165, 1.54) is 46.8 Å². The Kier molecular flexibility index (Phi) is 11.6. The zero-order valence-electron chi connectivity index (χ0n) is 23.5. The second kappa shape index (κ2) is 14.4. The fourth-order valence-electron chi connectivity index (χ4n) is 3.43. The molecule has 2 rings (SSSR count). The average molecular weight is 598 g/mol. The smallest absolute Gasteiger partial charge is 0.313 e. The monoisotopic (exact) mass is 597 g/mol. The first-order chi connectivity index (χ1) is 19.5. The van der Waals surface area contributed by atoms with Crippen LogP contribution in [0.2, 0.25) is 0 Å². The van der Waals surface area contributed by atoms with E-state index in [9.17, 15) is 41.5 Å². The molecule has 2 aromatic carbocycles. The van der Waals surface area contributed by atoms with Crippen LogP contribution in [0.5, 0.6) is 5.75 Å². The number of hydrogen-bond acceptors (Lipinski definition) is 7. The van der Waals surface area contributed by atoms with Crippen LogP contribution in [0.1, 0.15) is 41.0 Å². The molecular weight excluding hydrogens is 566 g/mol. The Morgan fingerprint density at radius 3 is 1.95 bits per heavy atom. The highest BCUT2D eigenvalue weighted by molar-refractivity contribution is 6.40. The molecule has 228 valence electrons. The number of nitrogens with one attached hydrogen (secondary N) is 3. The fraction of sp³-hybridized carbons (Fsp3) is 0.393. The minimum Gasteiger partial charge on any atom is -0.479 e. The number of carbonyl (C=O) groups is 5. The SMILES string of the molecule is CC(C)[C@H](NC(=O)C(=O)Nc1ccccc1)C(=O)N[C@@H](CC(=O)OC(C)(C)C)C(=O)COc1c(F)c(F)cc(F)c1F. The van der Waals surface area contributed by atoms with Gasteiger partial charge in [0.05, 0.1) is 6.42 Å². The summed E-state index contributed by atoms with van der Waals surface area (Å²) in [5.74, 6) is -14.8. The number of para-hydroxylation sites is 1. The number of anilines is 1. The molecule has 10 nitrogen and oxygen atoms in total. The summed E-state index contributed by atoms with van der Waals surface area (Å²) in [6.45, 7) is 6.45. The molecule has 0 aromatic heterocycles. The summed E-state index contributed by atoms with van der Waals surface area (Å²) >= 11 is 0. The maximum absolute atomic E-state index is 14.0. The van der Waals surface area contributed by atoms with Crippen LogP contribution in [-0.2, 0) is 28.7 Å². The van der Waals surface area contributed by atoms with E-state index < -0.39 is 95.1 Å². The van der Waals surface area contributed by atoms with Crippen molar-refractivity contribution in [3.63, 3.8) is 0 Å². The van der Waals surface area contributed by atoms with Crippen molar-refractivity contribution >= 4 is 35.2 Å². The Hall–Kier alpha value is -4.49. The quantitative estimate of drug-likeness (QED) is 0.156. The van der Waals surface area contributed by atoms with E-state index >= 15 is 0 Å². The molecule has 0 unspecified atom stereocenters. The van der Waals surface area contributed by atoms with Gasteiger partial charge in [-0.2, -0.15) is 8.78 Å². The van der Waals surface area contributed by atoms with Crippen LogP contribution in [-0.4, -0.2) is 53.8 Å². The van der Waals surface area contributed by atoms with Gasteiger partial charge >= 0.3 is 17.8 Å². The third-order valence-electron chi connectivity index (χ3n) is 5.40. The predicted octanol–water partition coefficient (Wildman–Crippen LogP) is 3.19. The molecule has 0 fully saturated rings. The maximum atomic E-state index is 14.0. The van der Waals surface area contributed by atoms with Gasteiger partial charge in [0.1, 0.15) is 24.3 Å². The van der Waals surface area contributed by atoms with E-state index in [4.69, 9.17) is 9.47 Å². The Bertz CT molecular complexity index is 1300. The number of Topliss-reactive ketones (excluding diaryl/α,β-unsaturated/α-hetero) is 1. The summed E-state index contributed by atoms with van der Waals surface area (Å²) in [6.07, 6.45) is -0.777. The minimum absolute atomic E-state index is 0.0503. The van der Waals surface area contributed by atoms with Crippen molar-refractivity contribution in [3.8, 4) is 5.75 Å². The lowest BCUT2D eigenvalue weighted by Gasteiger charge is -2.26. The molecule has 3 amide bonds. The first-order valence-corrected chi connectivity index (χ1v) is 12.7. The number of amides is 3. The Morgan fingerprint density at radius 1 is 0.857 bits per heavy atom. The number of hydrogen-bond donors (Lipinski definition) is 3. The zero-order valence-corrected chi connectivity index (χ0v) is 23.5. The first kappa shape index (κ1) is 33.7. The van der Waals surface area contributed by atoms with E-state index in [-0.39, 0.29) is 6.07 Å². The minimum atomic E-state index is -1.90. The number of ether oxygens (including phenoxy) is 2. The number of ketones is 1. The van der Waals surface area contributed by atoms with Crippen LogP contribution in [0, 0.1) is 29.2 Å². The zero-order chi connectivity index (χ0) is 31.8. The fourth-order valence-corrected chi connectivity index (χ4v) is 3.43. The number of esters is 1. The van der Waals surface area contributed by atoms with Gasteiger partial charge in [-0.05, 0) is 38.8 Å². The van der Waals surface area contributed by atoms with Gasteiger partial charge in [-0.15, -0.1) is 0 Å². The lowest BCUT2D eigenvalue weighted by molar-refractivity contribution is -0.156. The molecule has 0 aliphatic heterocycles. The molecular formula is C28H31F4N3O7. The summed E-state index contributed by atoms with van der Waals surface area (Å²) in [5, 5.41) is 6.85. The highest BCUT2D eigenvalue weighted by atomic mass is 19.2. The Morgan fingerprint density at radius 2 is 1.43 bits per heavy atom. The van der Waals surface area contributed by atoms with Crippen molar-refractivity contribution in [2.45, 2.75) is 58.7 Å². The normalized spacial score (nSPS) is 12.6. The van der Waals surface area contributed by atoms with Crippen LogP contribution >= 0.6 is 0 Å². The lowest BCUT2D eigenvalue weighted by atomic mass is 10.0.